The van der Waals surface area contributed by atoms with Gasteiger partial charge in [-0.1, -0.05) is 5.22 Å². The van der Waals surface area contributed by atoms with Gasteiger partial charge in [-0.25, -0.2) is 0 Å². The largest absolute Gasteiger partial charge is 0.330 e. The summed E-state index contributed by atoms with van der Waals surface area (Å²) in [4.78, 5) is 0. The van der Waals surface area contributed by atoms with Crippen LogP contribution in [0.1, 0.15) is 12.8 Å². The van der Waals surface area contributed by atoms with Gasteiger partial charge >= 0.3 is 0 Å². The lowest BCUT2D eigenvalue weighted by molar-refractivity contribution is 0.302. The molecule has 0 aromatic heterocycles. The van der Waals surface area contributed by atoms with Crippen LogP contribution in [0, 0.1) is 0 Å². The quantitative estimate of drug-likeness (QED) is 0.559. The molecule has 5 heteroatoms. The van der Waals surface area contributed by atoms with Crippen LogP contribution in [0.3, 0.4) is 0 Å². The van der Waals surface area contributed by atoms with Crippen molar-refractivity contribution in [1.29, 1.82) is 0 Å². The lowest BCUT2D eigenvalue weighted by Gasteiger charge is -2.11. The van der Waals surface area contributed by atoms with Crippen LogP contribution in [-0.4, -0.2) is 37.2 Å². The zero-order chi connectivity index (χ0) is 8.81. The van der Waals surface area contributed by atoms with Gasteiger partial charge in [-0.2, -0.15) is 5.11 Å². The Morgan fingerprint density at radius 2 is 2.17 bits per heavy atom. The molecule has 5 nitrogen and oxygen atoms in total. The lowest BCUT2D eigenvalue weighted by Crippen LogP contribution is -2.27. The second-order valence-electron chi connectivity index (χ2n) is 3.00. The monoisotopic (exact) mass is 171 g/mol. The van der Waals surface area contributed by atoms with Gasteiger partial charge < -0.3 is 11.5 Å². The first-order valence-corrected chi connectivity index (χ1v) is 4.42. The van der Waals surface area contributed by atoms with Crippen molar-refractivity contribution >= 4 is 0 Å². The zero-order valence-electron chi connectivity index (χ0n) is 7.32. The Bertz CT molecular complexity index is 147. The topological polar surface area (TPSA) is 80.0 Å². The predicted octanol–water partition coefficient (Wildman–Crippen LogP) is -0.265. The minimum atomic E-state index is 0.211. The summed E-state index contributed by atoms with van der Waals surface area (Å²) >= 11 is 0. The van der Waals surface area contributed by atoms with E-state index in [4.69, 9.17) is 11.5 Å². The van der Waals surface area contributed by atoms with Crippen LogP contribution in [0.4, 0.5) is 0 Å². The van der Waals surface area contributed by atoms with Crippen molar-refractivity contribution in [1.82, 2.24) is 5.01 Å². The molecule has 1 atom stereocenters. The molecule has 1 aliphatic heterocycles. The zero-order valence-corrected chi connectivity index (χ0v) is 7.32. The van der Waals surface area contributed by atoms with Gasteiger partial charge in [0.15, 0.2) is 0 Å². The summed E-state index contributed by atoms with van der Waals surface area (Å²) in [5, 5.41) is 9.97. The van der Waals surface area contributed by atoms with E-state index in [2.05, 4.69) is 10.3 Å². The molecular weight excluding hydrogens is 154 g/mol. The third kappa shape index (κ3) is 2.75. The molecule has 0 bridgehead atoms. The summed E-state index contributed by atoms with van der Waals surface area (Å²) in [5.74, 6) is 0. The molecule has 1 unspecified atom stereocenters. The first kappa shape index (κ1) is 9.41. The number of hydrogen-bond donors (Lipinski definition) is 2. The molecule has 70 valence electrons. The molecule has 0 saturated heterocycles. The van der Waals surface area contributed by atoms with E-state index in [1.807, 2.05) is 5.01 Å². The van der Waals surface area contributed by atoms with Crippen molar-refractivity contribution in [2.75, 3.05) is 26.2 Å². The van der Waals surface area contributed by atoms with Gasteiger partial charge in [0.05, 0.1) is 6.54 Å². The minimum Gasteiger partial charge on any atom is -0.330 e. The fourth-order valence-electron chi connectivity index (χ4n) is 1.16. The molecule has 0 aromatic rings. The van der Waals surface area contributed by atoms with Crippen LogP contribution in [0.15, 0.2) is 10.3 Å². The normalized spacial score (nSPS) is 22.2. The van der Waals surface area contributed by atoms with Gasteiger partial charge in [-0.3, -0.25) is 5.01 Å². The predicted molar refractivity (Wildman–Crippen MR) is 47.6 cm³/mol. The summed E-state index contributed by atoms with van der Waals surface area (Å²) in [6.45, 7) is 3.18. The molecule has 0 radical (unpaired) electrons. The first-order valence-electron chi connectivity index (χ1n) is 4.42. The molecular formula is C7H17N5. The summed E-state index contributed by atoms with van der Waals surface area (Å²) in [6.07, 6.45) is 2.14. The summed E-state index contributed by atoms with van der Waals surface area (Å²) in [5.41, 5.74) is 10.8. The average molecular weight is 171 g/mol. The Labute approximate surface area is 72.8 Å². The fourth-order valence-corrected chi connectivity index (χ4v) is 1.16. The number of nitrogens with two attached hydrogens (primary N) is 2. The van der Waals surface area contributed by atoms with Crippen molar-refractivity contribution in [2.45, 2.75) is 18.9 Å². The maximum Gasteiger partial charge on any atom is 0.104 e. The van der Waals surface area contributed by atoms with Crippen molar-refractivity contribution < 1.29 is 0 Å². The molecule has 0 fully saturated rings. The van der Waals surface area contributed by atoms with E-state index in [9.17, 15) is 0 Å². The molecule has 12 heavy (non-hydrogen) atoms. The fraction of sp³-hybridized carbons (Fsp3) is 1.00. The summed E-state index contributed by atoms with van der Waals surface area (Å²) in [7, 11) is 0. The second kappa shape index (κ2) is 5.05. The number of rotatable bonds is 5. The molecule has 4 N–H and O–H groups in total. The van der Waals surface area contributed by atoms with Gasteiger partial charge in [0.1, 0.15) is 6.04 Å². The van der Waals surface area contributed by atoms with Gasteiger partial charge in [-0.05, 0) is 19.4 Å². The van der Waals surface area contributed by atoms with E-state index < -0.39 is 0 Å². The van der Waals surface area contributed by atoms with E-state index >= 15 is 0 Å². The Kier molecular flexibility index (Phi) is 3.96. The van der Waals surface area contributed by atoms with E-state index in [1.165, 1.54) is 0 Å². The third-order valence-electron chi connectivity index (χ3n) is 1.91. The molecule has 0 amide bonds. The van der Waals surface area contributed by atoms with Crippen LogP contribution >= 0.6 is 0 Å². The Morgan fingerprint density at radius 3 is 2.75 bits per heavy atom. The van der Waals surface area contributed by atoms with Crippen LogP contribution in [0.5, 0.6) is 0 Å². The maximum absolute atomic E-state index is 5.45. The molecule has 1 aliphatic rings. The first-order chi connectivity index (χ1) is 5.86. The van der Waals surface area contributed by atoms with Crippen molar-refractivity contribution in [3.8, 4) is 0 Å². The molecule has 0 aliphatic carbocycles. The van der Waals surface area contributed by atoms with E-state index in [0.29, 0.717) is 6.54 Å². The average Bonchev–Trinajstić information content (AvgIpc) is 2.53. The molecule has 1 rings (SSSR count). The number of unbranched alkanes of at least 4 members (excludes halogenated alkanes) is 1. The number of hydrogen-bond acceptors (Lipinski definition) is 5. The SMILES string of the molecule is NCCCCN1CC(CN)N=N1. The molecule has 0 saturated carbocycles. The second-order valence-corrected chi connectivity index (χ2v) is 3.00. The van der Waals surface area contributed by atoms with Gasteiger partial charge in [-0.15, -0.1) is 0 Å². The minimum absolute atomic E-state index is 0.211. The van der Waals surface area contributed by atoms with Crippen molar-refractivity contribution in [3.63, 3.8) is 0 Å². The van der Waals surface area contributed by atoms with Crippen molar-refractivity contribution in [3.05, 3.63) is 0 Å². The molecule has 0 aromatic carbocycles. The Hall–Kier alpha value is -0.680. The highest BCUT2D eigenvalue weighted by molar-refractivity contribution is 4.73. The highest BCUT2D eigenvalue weighted by Crippen LogP contribution is 2.08. The van der Waals surface area contributed by atoms with Crippen LogP contribution < -0.4 is 11.5 Å². The van der Waals surface area contributed by atoms with Crippen LogP contribution in [0.25, 0.3) is 0 Å². The van der Waals surface area contributed by atoms with E-state index in [1.54, 1.807) is 0 Å². The van der Waals surface area contributed by atoms with E-state index in [0.717, 1.165) is 32.5 Å². The highest BCUT2D eigenvalue weighted by Gasteiger charge is 2.16. The highest BCUT2D eigenvalue weighted by atomic mass is 15.6. The van der Waals surface area contributed by atoms with Gasteiger partial charge in [0.2, 0.25) is 0 Å². The molecule has 0 spiro atoms. The third-order valence-corrected chi connectivity index (χ3v) is 1.91. The Morgan fingerprint density at radius 1 is 1.33 bits per heavy atom. The maximum atomic E-state index is 5.45. The van der Waals surface area contributed by atoms with Crippen LogP contribution in [0.2, 0.25) is 0 Å². The smallest absolute Gasteiger partial charge is 0.104 e. The standard InChI is InChI=1S/C7H17N5/c8-3-1-2-4-12-6-7(5-9)10-11-12/h7H,1-6,8-9H2. The Balaban J connectivity index is 2.08. The summed E-state index contributed by atoms with van der Waals surface area (Å²) in [6, 6.07) is 0.211. The lowest BCUT2D eigenvalue weighted by atomic mass is 10.3. The van der Waals surface area contributed by atoms with E-state index in [-0.39, 0.29) is 6.04 Å². The van der Waals surface area contributed by atoms with Gasteiger partial charge in [0.25, 0.3) is 0 Å². The van der Waals surface area contributed by atoms with Crippen LogP contribution in [-0.2, 0) is 0 Å². The number of nitrogens with zero attached hydrogens (tertiary/aromatic N) is 3. The summed E-state index contributed by atoms with van der Waals surface area (Å²) < 4.78 is 0. The van der Waals surface area contributed by atoms with Crippen molar-refractivity contribution in [2.24, 2.45) is 21.8 Å². The van der Waals surface area contributed by atoms with Gasteiger partial charge in [0, 0.05) is 13.1 Å². The molecule has 1 heterocycles.